The molecule has 7 heteroatoms. The fourth-order valence-electron chi connectivity index (χ4n) is 3.14. The van der Waals surface area contributed by atoms with Gasteiger partial charge in [-0.05, 0) is 37.3 Å². The molecule has 0 spiro atoms. The quantitative estimate of drug-likeness (QED) is 0.496. The van der Waals surface area contributed by atoms with E-state index in [2.05, 4.69) is 31.0 Å². The molecule has 0 atom stereocenters. The van der Waals surface area contributed by atoms with E-state index >= 15 is 0 Å². The summed E-state index contributed by atoms with van der Waals surface area (Å²) in [5.41, 5.74) is 3.67. The number of rotatable bonds is 4. The van der Waals surface area contributed by atoms with Crippen LogP contribution in [0.2, 0.25) is 0 Å². The normalized spacial score (nSPS) is 10.7. The van der Waals surface area contributed by atoms with Crippen LogP contribution in [0.15, 0.2) is 70.2 Å². The number of aromatic amines is 1. The summed E-state index contributed by atoms with van der Waals surface area (Å²) in [4.78, 5) is 19.7. The van der Waals surface area contributed by atoms with Crippen LogP contribution in [0.4, 0.5) is 0 Å². The van der Waals surface area contributed by atoms with Crippen LogP contribution < -0.4 is 5.56 Å². The zero-order valence-corrected chi connectivity index (χ0v) is 17.1. The van der Waals surface area contributed by atoms with E-state index in [1.807, 2.05) is 61.7 Å². The average Bonchev–Trinajstić information content (AvgIpc) is 3.18. The van der Waals surface area contributed by atoms with Crippen molar-refractivity contribution in [1.29, 1.82) is 5.26 Å². The van der Waals surface area contributed by atoms with Gasteiger partial charge in [0.05, 0.1) is 11.4 Å². The molecule has 0 radical (unpaired) electrons. The summed E-state index contributed by atoms with van der Waals surface area (Å²) < 4.78 is 2.76. The van der Waals surface area contributed by atoms with Crippen molar-refractivity contribution in [3.8, 4) is 39.8 Å². The Hall–Kier alpha value is -3.50. The van der Waals surface area contributed by atoms with Crippen molar-refractivity contribution < 1.29 is 0 Å². The van der Waals surface area contributed by atoms with Crippen molar-refractivity contribution in [2.24, 2.45) is 0 Å². The molecule has 142 valence electrons. The first-order valence-corrected chi connectivity index (χ1v) is 9.82. The lowest BCUT2D eigenvalue weighted by atomic mass is 9.98. The molecule has 0 aliphatic heterocycles. The average molecular weight is 446 g/mol. The highest BCUT2D eigenvalue weighted by molar-refractivity contribution is 9.10. The highest BCUT2D eigenvalue weighted by atomic mass is 79.9. The maximum absolute atomic E-state index is 12.7. The summed E-state index contributed by atoms with van der Waals surface area (Å²) >= 11 is 3.45. The van der Waals surface area contributed by atoms with Gasteiger partial charge in [-0.15, -0.1) is 0 Å². The SMILES string of the molecule is CCn1cc(-c2cc(-c3ccccn3)[nH]c(=O)c2C#N)c(-c2ccc(Br)cc2)n1. The molecule has 0 saturated heterocycles. The lowest BCUT2D eigenvalue weighted by Crippen LogP contribution is -2.13. The zero-order chi connectivity index (χ0) is 20.4. The fraction of sp³-hybridized carbons (Fsp3) is 0.0909. The molecular weight excluding hydrogens is 430 g/mol. The van der Waals surface area contributed by atoms with E-state index in [9.17, 15) is 10.1 Å². The Balaban J connectivity index is 1.98. The van der Waals surface area contributed by atoms with Gasteiger partial charge in [0.1, 0.15) is 17.3 Å². The number of nitriles is 1. The molecule has 4 aromatic rings. The number of benzene rings is 1. The Kier molecular flexibility index (Phi) is 5.10. The van der Waals surface area contributed by atoms with Gasteiger partial charge in [-0.1, -0.05) is 34.1 Å². The molecule has 4 rings (SSSR count). The number of hydrogen-bond acceptors (Lipinski definition) is 4. The van der Waals surface area contributed by atoms with Gasteiger partial charge in [-0.3, -0.25) is 14.5 Å². The van der Waals surface area contributed by atoms with Gasteiger partial charge in [-0.2, -0.15) is 10.4 Å². The molecule has 0 unspecified atom stereocenters. The lowest BCUT2D eigenvalue weighted by Gasteiger charge is -2.08. The van der Waals surface area contributed by atoms with Crippen molar-refractivity contribution >= 4 is 15.9 Å². The number of aryl methyl sites for hydroxylation is 1. The summed E-state index contributed by atoms with van der Waals surface area (Å²) in [5, 5.41) is 14.3. The number of nitrogens with one attached hydrogen (secondary N) is 1. The number of pyridine rings is 2. The highest BCUT2D eigenvalue weighted by Gasteiger charge is 2.19. The second-order valence-electron chi connectivity index (χ2n) is 6.38. The van der Waals surface area contributed by atoms with Crippen LogP contribution in [0.25, 0.3) is 33.8 Å². The van der Waals surface area contributed by atoms with E-state index in [1.165, 1.54) is 0 Å². The maximum atomic E-state index is 12.7. The van der Waals surface area contributed by atoms with Crippen molar-refractivity contribution in [2.75, 3.05) is 0 Å². The molecule has 0 amide bonds. The van der Waals surface area contributed by atoms with Crippen LogP contribution in [-0.2, 0) is 6.54 Å². The van der Waals surface area contributed by atoms with Crippen molar-refractivity contribution in [2.45, 2.75) is 13.5 Å². The number of nitrogens with zero attached hydrogens (tertiary/aromatic N) is 4. The third-order valence-corrected chi connectivity index (χ3v) is 5.11. The summed E-state index contributed by atoms with van der Waals surface area (Å²) in [6, 6.07) is 17.1. The van der Waals surface area contributed by atoms with E-state index in [-0.39, 0.29) is 5.56 Å². The minimum absolute atomic E-state index is 0.0543. The van der Waals surface area contributed by atoms with E-state index in [4.69, 9.17) is 0 Å². The van der Waals surface area contributed by atoms with Crippen LogP contribution in [-0.4, -0.2) is 19.7 Å². The topological polar surface area (TPSA) is 87.4 Å². The zero-order valence-electron chi connectivity index (χ0n) is 15.6. The molecule has 1 aromatic carbocycles. The molecule has 0 aliphatic carbocycles. The predicted octanol–water partition coefficient (Wildman–Crippen LogP) is 4.62. The van der Waals surface area contributed by atoms with E-state index in [0.717, 1.165) is 15.6 Å². The Morgan fingerprint density at radius 2 is 1.97 bits per heavy atom. The van der Waals surface area contributed by atoms with Gasteiger partial charge < -0.3 is 4.98 Å². The third kappa shape index (κ3) is 3.62. The minimum Gasteiger partial charge on any atom is -0.319 e. The first kappa shape index (κ1) is 18.8. The minimum atomic E-state index is -0.448. The standard InChI is InChI=1S/C22H16BrN5O/c1-2-28-13-18(21(27-28)14-6-8-15(23)9-7-14)16-11-20(19-5-3-4-10-25-19)26-22(29)17(16)12-24/h3-11,13H,2H2,1H3,(H,26,29). The summed E-state index contributed by atoms with van der Waals surface area (Å²) in [6.45, 7) is 2.66. The third-order valence-electron chi connectivity index (χ3n) is 4.58. The van der Waals surface area contributed by atoms with Crippen molar-refractivity contribution in [3.05, 3.63) is 81.3 Å². The Morgan fingerprint density at radius 1 is 1.17 bits per heavy atom. The summed E-state index contributed by atoms with van der Waals surface area (Å²) in [6.07, 6.45) is 3.53. The van der Waals surface area contributed by atoms with Gasteiger partial charge >= 0.3 is 0 Å². The van der Waals surface area contributed by atoms with Crippen LogP contribution in [0.5, 0.6) is 0 Å². The first-order chi connectivity index (χ1) is 14.1. The van der Waals surface area contributed by atoms with Gasteiger partial charge in [0.15, 0.2) is 0 Å². The largest absolute Gasteiger partial charge is 0.319 e. The van der Waals surface area contributed by atoms with Crippen molar-refractivity contribution in [3.63, 3.8) is 0 Å². The lowest BCUT2D eigenvalue weighted by molar-refractivity contribution is 0.662. The highest BCUT2D eigenvalue weighted by Crippen LogP contribution is 2.34. The van der Waals surface area contributed by atoms with Crippen LogP contribution in [0, 0.1) is 11.3 Å². The molecular formula is C22H16BrN5O. The molecule has 29 heavy (non-hydrogen) atoms. The molecule has 0 fully saturated rings. The summed E-state index contributed by atoms with van der Waals surface area (Å²) in [7, 11) is 0. The van der Waals surface area contributed by atoms with Crippen LogP contribution in [0.3, 0.4) is 0 Å². The molecule has 3 heterocycles. The van der Waals surface area contributed by atoms with Gasteiger partial charge in [0.25, 0.3) is 5.56 Å². The van der Waals surface area contributed by atoms with E-state index in [1.54, 1.807) is 16.9 Å². The number of aromatic nitrogens is 4. The Morgan fingerprint density at radius 3 is 2.62 bits per heavy atom. The summed E-state index contributed by atoms with van der Waals surface area (Å²) in [5.74, 6) is 0. The van der Waals surface area contributed by atoms with Crippen molar-refractivity contribution in [1.82, 2.24) is 19.7 Å². The van der Waals surface area contributed by atoms with Gasteiger partial charge in [-0.25, -0.2) is 0 Å². The molecule has 6 nitrogen and oxygen atoms in total. The number of halogens is 1. The second kappa shape index (κ2) is 7.86. The monoisotopic (exact) mass is 445 g/mol. The van der Waals surface area contributed by atoms with Crippen LogP contribution >= 0.6 is 15.9 Å². The molecule has 0 saturated carbocycles. The molecule has 3 aromatic heterocycles. The molecule has 0 bridgehead atoms. The van der Waals surface area contributed by atoms with Crippen LogP contribution in [0.1, 0.15) is 12.5 Å². The second-order valence-corrected chi connectivity index (χ2v) is 7.30. The smallest absolute Gasteiger partial charge is 0.267 e. The van der Waals surface area contributed by atoms with Gasteiger partial charge in [0, 0.05) is 40.1 Å². The van der Waals surface area contributed by atoms with E-state index < -0.39 is 5.56 Å². The Bertz CT molecular complexity index is 1270. The fourth-order valence-corrected chi connectivity index (χ4v) is 3.41. The predicted molar refractivity (Wildman–Crippen MR) is 115 cm³/mol. The maximum Gasteiger partial charge on any atom is 0.267 e. The number of H-pyrrole nitrogens is 1. The Labute approximate surface area is 175 Å². The first-order valence-electron chi connectivity index (χ1n) is 9.03. The molecule has 0 aliphatic rings. The molecule has 1 N–H and O–H groups in total. The van der Waals surface area contributed by atoms with E-state index in [0.29, 0.717) is 29.2 Å². The van der Waals surface area contributed by atoms with Gasteiger partial charge in [0.2, 0.25) is 0 Å². The number of hydrogen-bond donors (Lipinski definition) is 1.